The van der Waals surface area contributed by atoms with Crippen molar-refractivity contribution in [2.75, 3.05) is 0 Å². The highest BCUT2D eigenvalue weighted by Gasteiger charge is 2.10. The Morgan fingerprint density at radius 1 is 0.950 bits per heavy atom. The van der Waals surface area contributed by atoms with Gasteiger partial charge in [-0.05, 0) is 29.5 Å². The second-order valence-electron chi connectivity index (χ2n) is 4.87. The Morgan fingerprint density at radius 2 is 1.70 bits per heavy atom. The quantitative estimate of drug-likeness (QED) is 0.659. The largest absolute Gasteiger partial charge is 0.343 e. The van der Waals surface area contributed by atoms with E-state index in [1.807, 2.05) is 29.0 Å². The summed E-state index contributed by atoms with van der Waals surface area (Å²) in [5, 5.41) is 1.13. The Balaban J connectivity index is 2.09. The fraction of sp³-hybridized carbons (Fsp3) is 0.176. The van der Waals surface area contributed by atoms with Crippen LogP contribution in [0.4, 0.5) is 8.78 Å². The molecule has 0 aliphatic rings. The predicted octanol–water partition coefficient (Wildman–Crippen LogP) is 4.53. The Kier molecular flexibility index (Phi) is 3.26. The number of nitrogens with zero attached hydrogens (tertiary/aromatic N) is 1. The summed E-state index contributed by atoms with van der Waals surface area (Å²) in [6, 6.07) is 12.4. The molecule has 0 spiro atoms. The highest BCUT2D eigenvalue weighted by Crippen LogP contribution is 2.23. The van der Waals surface area contributed by atoms with Crippen LogP contribution in [0.25, 0.3) is 10.9 Å². The van der Waals surface area contributed by atoms with Gasteiger partial charge >= 0.3 is 0 Å². The Hall–Kier alpha value is -2.16. The summed E-state index contributed by atoms with van der Waals surface area (Å²) in [6.45, 7) is 2.43. The molecule has 2 aromatic carbocycles. The van der Waals surface area contributed by atoms with Crippen LogP contribution < -0.4 is 0 Å². The number of hydrogen-bond acceptors (Lipinski definition) is 0. The minimum absolute atomic E-state index is 0.337. The molecule has 3 aromatic rings. The van der Waals surface area contributed by atoms with Crippen molar-refractivity contribution in [3.05, 3.63) is 71.4 Å². The van der Waals surface area contributed by atoms with E-state index in [0.29, 0.717) is 12.1 Å². The molecule has 1 heterocycles. The molecular weight excluding hydrogens is 256 g/mol. The van der Waals surface area contributed by atoms with E-state index >= 15 is 0 Å². The standard InChI is InChI=1S/C17H15F2N/c1-2-12-5-3-6-13-9-10-20(17(12)13)11-14-7-4-8-15(18)16(14)19/h3-10H,2,11H2,1H3. The smallest absolute Gasteiger partial charge is 0.163 e. The number of aryl methyl sites for hydroxylation is 1. The van der Waals surface area contributed by atoms with Crippen LogP contribution >= 0.6 is 0 Å². The normalized spacial score (nSPS) is 11.2. The van der Waals surface area contributed by atoms with Gasteiger partial charge in [0.1, 0.15) is 0 Å². The van der Waals surface area contributed by atoms with Gasteiger partial charge in [-0.3, -0.25) is 0 Å². The van der Waals surface area contributed by atoms with E-state index < -0.39 is 11.6 Å². The van der Waals surface area contributed by atoms with E-state index in [1.165, 1.54) is 5.56 Å². The first-order valence-electron chi connectivity index (χ1n) is 6.70. The van der Waals surface area contributed by atoms with Crippen LogP contribution in [0.15, 0.2) is 48.7 Å². The molecule has 0 atom stereocenters. The molecule has 0 aliphatic carbocycles. The molecule has 0 amide bonds. The Labute approximate surface area is 116 Å². The van der Waals surface area contributed by atoms with E-state index in [9.17, 15) is 8.78 Å². The number of para-hydroxylation sites is 1. The SMILES string of the molecule is CCc1cccc2ccn(Cc3cccc(F)c3F)c12. The molecule has 0 fully saturated rings. The predicted molar refractivity (Wildman–Crippen MR) is 76.8 cm³/mol. The summed E-state index contributed by atoms with van der Waals surface area (Å²) in [4.78, 5) is 0. The van der Waals surface area contributed by atoms with Crippen molar-refractivity contribution in [3.63, 3.8) is 0 Å². The fourth-order valence-corrected chi connectivity index (χ4v) is 2.61. The summed E-state index contributed by atoms with van der Waals surface area (Å²) in [5.74, 6) is -1.56. The van der Waals surface area contributed by atoms with E-state index in [0.717, 1.165) is 23.4 Å². The van der Waals surface area contributed by atoms with E-state index in [1.54, 1.807) is 12.1 Å². The highest BCUT2D eigenvalue weighted by molar-refractivity contribution is 5.83. The van der Waals surface area contributed by atoms with Gasteiger partial charge in [0.2, 0.25) is 0 Å². The van der Waals surface area contributed by atoms with E-state index in [-0.39, 0.29) is 0 Å². The maximum Gasteiger partial charge on any atom is 0.163 e. The molecule has 1 nitrogen and oxygen atoms in total. The summed E-state index contributed by atoms with van der Waals surface area (Å²) < 4.78 is 29.0. The molecule has 0 saturated carbocycles. The second-order valence-corrected chi connectivity index (χ2v) is 4.87. The van der Waals surface area contributed by atoms with Gasteiger partial charge in [-0.25, -0.2) is 8.78 Å². The first kappa shape index (κ1) is 12.9. The zero-order valence-electron chi connectivity index (χ0n) is 11.2. The minimum Gasteiger partial charge on any atom is -0.343 e. The van der Waals surface area contributed by atoms with Gasteiger partial charge in [-0.2, -0.15) is 0 Å². The fourth-order valence-electron chi connectivity index (χ4n) is 2.61. The van der Waals surface area contributed by atoms with Crippen molar-refractivity contribution >= 4 is 10.9 Å². The molecule has 3 rings (SSSR count). The Bertz CT molecular complexity index is 759. The van der Waals surface area contributed by atoms with Crippen LogP contribution in [-0.2, 0) is 13.0 Å². The first-order chi connectivity index (χ1) is 9.70. The molecule has 102 valence electrons. The summed E-state index contributed by atoms with van der Waals surface area (Å²) in [5.41, 5.74) is 2.68. The average molecular weight is 271 g/mol. The molecule has 0 N–H and O–H groups in total. The zero-order chi connectivity index (χ0) is 14.1. The molecule has 20 heavy (non-hydrogen) atoms. The van der Waals surface area contributed by atoms with Gasteiger partial charge in [0.15, 0.2) is 11.6 Å². The molecule has 0 aliphatic heterocycles. The molecule has 0 bridgehead atoms. The van der Waals surface area contributed by atoms with Crippen molar-refractivity contribution < 1.29 is 8.78 Å². The number of hydrogen-bond donors (Lipinski definition) is 0. The Morgan fingerprint density at radius 3 is 2.50 bits per heavy atom. The second kappa shape index (κ2) is 5.08. The number of aromatic nitrogens is 1. The van der Waals surface area contributed by atoms with Gasteiger partial charge in [-0.1, -0.05) is 37.3 Å². The van der Waals surface area contributed by atoms with Gasteiger partial charge in [-0.15, -0.1) is 0 Å². The molecule has 0 radical (unpaired) electrons. The molecular formula is C17H15F2N. The lowest BCUT2D eigenvalue weighted by atomic mass is 10.1. The van der Waals surface area contributed by atoms with Crippen LogP contribution in [0.1, 0.15) is 18.1 Å². The lowest BCUT2D eigenvalue weighted by Crippen LogP contribution is -2.03. The van der Waals surface area contributed by atoms with Gasteiger partial charge in [0.25, 0.3) is 0 Å². The van der Waals surface area contributed by atoms with Gasteiger partial charge in [0.05, 0.1) is 12.1 Å². The van der Waals surface area contributed by atoms with Crippen LogP contribution in [0.2, 0.25) is 0 Å². The average Bonchev–Trinajstić information content (AvgIpc) is 2.87. The number of rotatable bonds is 3. The molecule has 3 heteroatoms. The van der Waals surface area contributed by atoms with Crippen molar-refractivity contribution in [1.82, 2.24) is 4.57 Å². The van der Waals surface area contributed by atoms with Crippen molar-refractivity contribution in [2.24, 2.45) is 0 Å². The van der Waals surface area contributed by atoms with Crippen molar-refractivity contribution in [3.8, 4) is 0 Å². The summed E-state index contributed by atoms with van der Waals surface area (Å²) in [6.07, 6.45) is 2.83. The molecule has 1 aromatic heterocycles. The third kappa shape index (κ3) is 2.09. The monoisotopic (exact) mass is 271 g/mol. The topological polar surface area (TPSA) is 4.93 Å². The number of halogens is 2. The molecule has 0 saturated heterocycles. The third-order valence-corrected chi connectivity index (χ3v) is 3.63. The minimum atomic E-state index is -0.797. The van der Waals surface area contributed by atoms with Gasteiger partial charge < -0.3 is 4.57 Å². The number of benzene rings is 2. The maximum atomic E-state index is 13.8. The lowest BCUT2D eigenvalue weighted by molar-refractivity contribution is 0.496. The van der Waals surface area contributed by atoms with Crippen LogP contribution in [-0.4, -0.2) is 4.57 Å². The van der Waals surface area contributed by atoms with Crippen molar-refractivity contribution in [2.45, 2.75) is 19.9 Å². The van der Waals surface area contributed by atoms with E-state index in [2.05, 4.69) is 13.0 Å². The summed E-state index contributed by atoms with van der Waals surface area (Å²) >= 11 is 0. The molecule has 0 unspecified atom stereocenters. The van der Waals surface area contributed by atoms with Crippen molar-refractivity contribution in [1.29, 1.82) is 0 Å². The third-order valence-electron chi connectivity index (χ3n) is 3.63. The maximum absolute atomic E-state index is 13.8. The lowest BCUT2D eigenvalue weighted by Gasteiger charge is -2.10. The first-order valence-corrected chi connectivity index (χ1v) is 6.70. The van der Waals surface area contributed by atoms with Crippen LogP contribution in [0.5, 0.6) is 0 Å². The van der Waals surface area contributed by atoms with Gasteiger partial charge in [0, 0.05) is 11.8 Å². The zero-order valence-corrected chi connectivity index (χ0v) is 11.2. The highest BCUT2D eigenvalue weighted by atomic mass is 19.2. The van der Waals surface area contributed by atoms with Crippen LogP contribution in [0, 0.1) is 11.6 Å². The van der Waals surface area contributed by atoms with Crippen LogP contribution in [0.3, 0.4) is 0 Å². The summed E-state index contributed by atoms with van der Waals surface area (Å²) in [7, 11) is 0. The van der Waals surface area contributed by atoms with E-state index in [4.69, 9.17) is 0 Å². The number of fused-ring (bicyclic) bond motifs is 1.